The van der Waals surface area contributed by atoms with Crippen LogP contribution in [0.15, 0.2) is 91.0 Å². The van der Waals surface area contributed by atoms with Crippen molar-refractivity contribution in [2.45, 2.75) is 51.9 Å². The molecule has 0 aliphatic carbocycles. The van der Waals surface area contributed by atoms with E-state index >= 15 is 0 Å². The molecule has 2 aliphatic heterocycles. The van der Waals surface area contributed by atoms with Gasteiger partial charge in [0.05, 0.1) is 17.9 Å². The van der Waals surface area contributed by atoms with E-state index in [-0.39, 0.29) is 11.9 Å². The number of imide groups is 1. The molecule has 0 bridgehead atoms. The Kier molecular flexibility index (Phi) is 6.98. The highest BCUT2D eigenvalue weighted by Gasteiger charge is 2.57. The second-order valence-electron chi connectivity index (χ2n) is 10.9. The number of hydrogen-bond donors (Lipinski definition) is 0. The fraction of sp³-hybridized carbons (Fsp3) is 0.303. The Balaban J connectivity index is 1.23. The van der Waals surface area contributed by atoms with Gasteiger partial charge in [0.2, 0.25) is 0 Å². The lowest BCUT2D eigenvalue weighted by molar-refractivity contribution is -0.136. The van der Waals surface area contributed by atoms with Crippen molar-refractivity contribution in [1.82, 2.24) is 24.5 Å². The van der Waals surface area contributed by atoms with Crippen LogP contribution in [0.4, 0.5) is 4.79 Å². The molecule has 7 heteroatoms. The van der Waals surface area contributed by atoms with Crippen molar-refractivity contribution in [3.05, 3.63) is 119 Å². The highest BCUT2D eigenvalue weighted by molar-refractivity contribution is 6.07. The van der Waals surface area contributed by atoms with Gasteiger partial charge in [0, 0.05) is 37.4 Å². The number of nitrogens with zero attached hydrogens (tertiary/aromatic N) is 5. The number of carbonyl (C=O) groups is 2. The zero-order valence-corrected chi connectivity index (χ0v) is 23.2. The van der Waals surface area contributed by atoms with Crippen LogP contribution >= 0.6 is 0 Å². The monoisotopic (exact) mass is 533 g/mol. The number of aromatic nitrogens is 2. The Morgan fingerprint density at radius 3 is 1.88 bits per heavy atom. The molecule has 1 aromatic heterocycles. The Labute approximate surface area is 235 Å². The van der Waals surface area contributed by atoms with Gasteiger partial charge in [0.25, 0.3) is 5.91 Å². The fourth-order valence-electron chi connectivity index (χ4n) is 6.19. The van der Waals surface area contributed by atoms with E-state index in [1.165, 1.54) is 10.5 Å². The summed E-state index contributed by atoms with van der Waals surface area (Å²) in [5.41, 5.74) is 5.60. The van der Waals surface area contributed by atoms with Gasteiger partial charge in [-0.1, -0.05) is 78.9 Å². The molecule has 3 aromatic carbocycles. The van der Waals surface area contributed by atoms with Crippen molar-refractivity contribution in [3.8, 4) is 5.69 Å². The molecule has 204 valence electrons. The summed E-state index contributed by atoms with van der Waals surface area (Å²) >= 11 is 0. The van der Waals surface area contributed by atoms with Gasteiger partial charge in [-0.3, -0.25) is 14.6 Å². The summed E-state index contributed by atoms with van der Waals surface area (Å²) in [6.07, 6.45) is 1.22. The number of hydrogen-bond acceptors (Lipinski definition) is 4. The largest absolute Gasteiger partial charge is 0.328 e. The van der Waals surface area contributed by atoms with Crippen molar-refractivity contribution >= 4 is 11.9 Å². The molecule has 3 heterocycles. The molecular formula is C33H35N5O2. The standard InChI is InChI=1S/C33H35N5O2/c1-25-30(26(2)38(34-25)29-16-10-5-11-17-29)24-35-20-18-33(19-21-35)31(39)36(22-27-12-6-3-7-13-27)32(40)37(33)23-28-14-8-4-9-15-28/h3-17H,18-24H2,1-2H3. The minimum atomic E-state index is -0.823. The van der Waals surface area contributed by atoms with Crippen molar-refractivity contribution in [1.29, 1.82) is 0 Å². The van der Waals surface area contributed by atoms with E-state index in [4.69, 9.17) is 5.10 Å². The number of urea groups is 1. The lowest BCUT2D eigenvalue weighted by Gasteiger charge is -2.42. The summed E-state index contributed by atoms with van der Waals surface area (Å²) in [7, 11) is 0. The van der Waals surface area contributed by atoms with Gasteiger partial charge in [-0.25, -0.2) is 9.48 Å². The van der Waals surface area contributed by atoms with E-state index in [1.807, 2.05) is 88.4 Å². The summed E-state index contributed by atoms with van der Waals surface area (Å²) in [6, 6.07) is 29.8. The van der Waals surface area contributed by atoms with Crippen LogP contribution in [0.5, 0.6) is 0 Å². The second-order valence-corrected chi connectivity index (χ2v) is 10.9. The molecular weight excluding hydrogens is 498 g/mol. The number of para-hydroxylation sites is 1. The smallest absolute Gasteiger partial charge is 0.305 e. The number of aryl methyl sites for hydroxylation is 1. The van der Waals surface area contributed by atoms with Crippen molar-refractivity contribution < 1.29 is 9.59 Å². The molecule has 7 nitrogen and oxygen atoms in total. The number of likely N-dealkylation sites (tertiary alicyclic amines) is 1. The van der Waals surface area contributed by atoms with Crippen molar-refractivity contribution in [2.24, 2.45) is 0 Å². The van der Waals surface area contributed by atoms with Gasteiger partial charge in [-0.05, 0) is 49.9 Å². The zero-order chi connectivity index (χ0) is 27.7. The second kappa shape index (κ2) is 10.7. The fourth-order valence-corrected chi connectivity index (χ4v) is 6.19. The molecule has 1 spiro atoms. The Hall–Kier alpha value is -4.23. The Morgan fingerprint density at radius 1 is 0.725 bits per heavy atom. The first kappa shape index (κ1) is 26.0. The number of piperidine rings is 1. The van der Waals surface area contributed by atoms with E-state index in [0.29, 0.717) is 25.9 Å². The average Bonchev–Trinajstić information content (AvgIpc) is 3.37. The first-order chi connectivity index (χ1) is 19.5. The van der Waals surface area contributed by atoms with Gasteiger partial charge in [-0.15, -0.1) is 0 Å². The molecule has 0 N–H and O–H groups in total. The van der Waals surface area contributed by atoms with E-state index in [1.54, 1.807) is 0 Å². The van der Waals surface area contributed by atoms with Crippen LogP contribution in [0.2, 0.25) is 0 Å². The van der Waals surface area contributed by atoms with Crippen molar-refractivity contribution in [2.75, 3.05) is 13.1 Å². The lowest BCUT2D eigenvalue weighted by Crippen LogP contribution is -2.56. The molecule has 2 aliphatic rings. The Morgan fingerprint density at radius 2 is 1.27 bits per heavy atom. The lowest BCUT2D eigenvalue weighted by atomic mass is 9.85. The van der Waals surface area contributed by atoms with E-state index in [2.05, 4.69) is 30.9 Å². The summed E-state index contributed by atoms with van der Waals surface area (Å²) in [5, 5.41) is 4.82. The molecule has 6 rings (SSSR count). The van der Waals surface area contributed by atoms with Crippen molar-refractivity contribution in [3.63, 3.8) is 0 Å². The van der Waals surface area contributed by atoms with Crippen LogP contribution in [0, 0.1) is 13.8 Å². The molecule has 3 amide bonds. The third-order valence-electron chi connectivity index (χ3n) is 8.50. The van der Waals surface area contributed by atoms with Crippen LogP contribution in [0.3, 0.4) is 0 Å². The van der Waals surface area contributed by atoms with Gasteiger partial charge in [0.15, 0.2) is 0 Å². The van der Waals surface area contributed by atoms with E-state index in [0.717, 1.165) is 47.8 Å². The molecule has 40 heavy (non-hydrogen) atoms. The van der Waals surface area contributed by atoms with Crippen LogP contribution < -0.4 is 0 Å². The minimum absolute atomic E-state index is 0.0683. The maximum Gasteiger partial charge on any atom is 0.328 e. The quantitative estimate of drug-likeness (QED) is 0.295. The number of amides is 3. The van der Waals surface area contributed by atoms with Gasteiger partial charge >= 0.3 is 6.03 Å². The zero-order valence-electron chi connectivity index (χ0n) is 23.2. The SMILES string of the molecule is Cc1nn(-c2ccccc2)c(C)c1CN1CCC2(CC1)C(=O)N(Cc1ccccc1)C(=O)N2Cc1ccccc1. The van der Waals surface area contributed by atoms with E-state index < -0.39 is 5.54 Å². The van der Waals surface area contributed by atoms with Crippen LogP contribution in [-0.4, -0.2) is 55.0 Å². The number of benzene rings is 3. The predicted molar refractivity (Wildman–Crippen MR) is 155 cm³/mol. The number of rotatable bonds is 7. The normalized spacial score (nSPS) is 17.2. The third-order valence-corrected chi connectivity index (χ3v) is 8.50. The summed E-state index contributed by atoms with van der Waals surface area (Å²) in [5.74, 6) is -0.0683. The van der Waals surface area contributed by atoms with Gasteiger partial charge in [-0.2, -0.15) is 5.10 Å². The number of carbonyl (C=O) groups excluding carboxylic acids is 2. The highest BCUT2D eigenvalue weighted by atomic mass is 16.2. The minimum Gasteiger partial charge on any atom is -0.305 e. The van der Waals surface area contributed by atoms with Crippen LogP contribution in [0.25, 0.3) is 5.69 Å². The Bertz CT molecular complexity index is 1490. The highest BCUT2D eigenvalue weighted by Crippen LogP contribution is 2.39. The van der Waals surface area contributed by atoms with Crippen LogP contribution in [0.1, 0.15) is 40.9 Å². The summed E-state index contributed by atoms with van der Waals surface area (Å²) in [6.45, 7) is 7.16. The molecule has 0 saturated carbocycles. The first-order valence-electron chi connectivity index (χ1n) is 14.0. The summed E-state index contributed by atoms with van der Waals surface area (Å²) in [4.78, 5) is 33.6. The first-order valence-corrected chi connectivity index (χ1v) is 14.0. The molecule has 2 fully saturated rings. The maximum absolute atomic E-state index is 14.1. The van der Waals surface area contributed by atoms with Gasteiger partial charge in [0.1, 0.15) is 5.54 Å². The topological polar surface area (TPSA) is 61.7 Å². The predicted octanol–water partition coefficient (Wildman–Crippen LogP) is 5.49. The molecule has 4 aromatic rings. The molecule has 0 unspecified atom stereocenters. The van der Waals surface area contributed by atoms with Gasteiger partial charge < -0.3 is 4.90 Å². The molecule has 0 atom stereocenters. The molecule has 0 radical (unpaired) electrons. The summed E-state index contributed by atoms with van der Waals surface area (Å²) < 4.78 is 2.01. The van der Waals surface area contributed by atoms with E-state index in [9.17, 15) is 9.59 Å². The maximum atomic E-state index is 14.1. The molecule has 2 saturated heterocycles. The third kappa shape index (κ3) is 4.71. The van der Waals surface area contributed by atoms with Crippen LogP contribution in [-0.2, 0) is 24.4 Å². The average molecular weight is 534 g/mol.